The van der Waals surface area contributed by atoms with Gasteiger partial charge in [-0.15, -0.1) is 0 Å². The average Bonchev–Trinajstić information content (AvgIpc) is 2.92. The zero-order valence-corrected chi connectivity index (χ0v) is 15.3. The summed E-state index contributed by atoms with van der Waals surface area (Å²) >= 11 is 0. The van der Waals surface area contributed by atoms with Crippen LogP contribution in [0, 0.1) is 17.3 Å². The molecule has 4 atom stereocenters. The Labute approximate surface area is 141 Å². The van der Waals surface area contributed by atoms with E-state index in [1.54, 1.807) is 7.05 Å². The number of nitrogens with one attached hydrogen (secondary N) is 2. The standard InChI is InChI=1S/C18H35N3O2/c1-18(2,3)16-14(8-6-10-23-16)12-21-17(19-4)20-11-13-7-5-9-15(13)22/h13-16,22H,5-12H2,1-4H3,(H2,19,20,21). The minimum Gasteiger partial charge on any atom is -0.393 e. The number of nitrogens with zero attached hydrogens (tertiary/aromatic N) is 1. The van der Waals surface area contributed by atoms with Gasteiger partial charge in [-0.3, -0.25) is 4.99 Å². The summed E-state index contributed by atoms with van der Waals surface area (Å²) in [5.41, 5.74) is 0.164. The van der Waals surface area contributed by atoms with Crippen LogP contribution in [0.3, 0.4) is 0 Å². The maximum atomic E-state index is 9.92. The van der Waals surface area contributed by atoms with Crippen molar-refractivity contribution in [3.8, 4) is 0 Å². The molecule has 1 saturated carbocycles. The first-order valence-corrected chi connectivity index (χ1v) is 9.16. The molecule has 134 valence electrons. The normalized spacial score (nSPS) is 32.8. The molecule has 0 radical (unpaired) electrons. The van der Waals surface area contributed by atoms with Gasteiger partial charge in [0.25, 0.3) is 0 Å². The van der Waals surface area contributed by atoms with Gasteiger partial charge in [0, 0.05) is 38.6 Å². The van der Waals surface area contributed by atoms with Gasteiger partial charge >= 0.3 is 0 Å². The Morgan fingerprint density at radius 3 is 2.30 bits per heavy atom. The highest BCUT2D eigenvalue weighted by atomic mass is 16.5. The summed E-state index contributed by atoms with van der Waals surface area (Å²) in [7, 11) is 1.80. The molecule has 0 aromatic heterocycles. The third kappa shape index (κ3) is 5.35. The van der Waals surface area contributed by atoms with Crippen molar-refractivity contribution in [3.63, 3.8) is 0 Å². The van der Waals surface area contributed by atoms with Gasteiger partial charge in [-0.05, 0) is 31.1 Å². The molecule has 1 aliphatic heterocycles. The maximum Gasteiger partial charge on any atom is 0.190 e. The molecule has 0 amide bonds. The zero-order chi connectivity index (χ0) is 16.9. The highest BCUT2D eigenvalue weighted by Crippen LogP contribution is 2.33. The van der Waals surface area contributed by atoms with E-state index in [2.05, 4.69) is 36.4 Å². The third-order valence-corrected chi connectivity index (χ3v) is 5.20. The molecule has 2 aliphatic rings. The smallest absolute Gasteiger partial charge is 0.190 e. The Morgan fingerprint density at radius 1 is 1.09 bits per heavy atom. The largest absolute Gasteiger partial charge is 0.393 e. The first-order chi connectivity index (χ1) is 10.9. The van der Waals surface area contributed by atoms with Gasteiger partial charge in [0.15, 0.2) is 5.96 Å². The van der Waals surface area contributed by atoms with Crippen molar-refractivity contribution >= 4 is 5.96 Å². The summed E-state index contributed by atoms with van der Waals surface area (Å²) in [4.78, 5) is 4.32. The minimum absolute atomic E-state index is 0.155. The van der Waals surface area contributed by atoms with Crippen molar-refractivity contribution in [1.29, 1.82) is 0 Å². The molecule has 2 fully saturated rings. The van der Waals surface area contributed by atoms with E-state index in [0.29, 0.717) is 17.9 Å². The monoisotopic (exact) mass is 325 g/mol. The topological polar surface area (TPSA) is 65.9 Å². The van der Waals surface area contributed by atoms with Crippen molar-refractivity contribution in [2.24, 2.45) is 22.2 Å². The summed E-state index contributed by atoms with van der Waals surface area (Å²) in [5.74, 6) is 1.70. The highest BCUT2D eigenvalue weighted by Gasteiger charge is 2.35. The summed E-state index contributed by atoms with van der Waals surface area (Å²) in [6.45, 7) is 9.32. The molecule has 3 N–H and O–H groups in total. The highest BCUT2D eigenvalue weighted by molar-refractivity contribution is 5.79. The Kier molecular flexibility index (Phi) is 6.72. The molecular weight excluding hydrogens is 290 g/mol. The lowest BCUT2D eigenvalue weighted by Crippen LogP contribution is -2.48. The fourth-order valence-corrected chi connectivity index (χ4v) is 3.94. The second-order valence-electron chi connectivity index (χ2n) is 8.15. The van der Waals surface area contributed by atoms with Gasteiger partial charge in [0.2, 0.25) is 0 Å². The molecule has 5 heteroatoms. The molecule has 0 aromatic rings. The number of guanidine groups is 1. The number of hydrogen-bond acceptors (Lipinski definition) is 3. The molecule has 2 rings (SSSR count). The first kappa shape index (κ1) is 18.5. The lowest BCUT2D eigenvalue weighted by atomic mass is 9.78. The number of hydrogen-bond donors (Lipinski definition) is 3. The molecule has 0 aromatic carbocycles. The van der Waals surface area contributed by atoms with Crippen LogP contribution < -0.4 is 10.6 Å². The lowest BCUT2D eigenvalue weighted by Gasteiger charge is -2.40. The second-order valence-corrected chi connectivity index (χ2v) is 8.15. The summed E-state index contributed by atoms with van der Waals surface area (Å²) in [6.07, 6.45) is 5.65. The van der Waals surface area contributed by atoms with E-state index in [1.807, 2.05) is 0 Å². The van der Waals surface area contributed by atoms with E-state index < -0.39 is 0 Å². The van der Waals surface area contributed by atoms with Crippen LogP contribution in [0.1, 0.15) is 52.9 Å². The molecule has 1 aliphatic carbocycles. The van der Waals surface area contributed by atoms with Gasteiger partial charge in [-0.2, -0.15) is 0 Å². The summed E-state index contributed by atoms with van der Waals surface area (Å²) in [5, 5.41) is 16.7. The predicted molar refractivity (Wildman–Crippen MR) is 94.6 cm³/mol. The van der Waals surface area contributed by atoms with Crippen LogP contribution in [0.4, 0.5) is 0 Å². The van der Waals surface area contributed by atoms with E-state index in [4.69, 9.17) is 4.74 Å². The lowest BCUT2D eigenvalue weighted by molar-refractivity contribution is -0.0835. The molecule has 0 bridgehead atoms. The van der Waals surface area contributed by atoms with Gasteiger partial charge in [-0.1, -0.05) is 27.2 Å². The van der Waals surface area contributed by atoms with Crippen LogP contribution in [0.15, 0.2) is 4.99 Å². The van der Waals surface area contributed by atoms with Gasteiger partial charge < -0.3 is 20.5 Å². The van der Waals surface area contributed by atoms with E-state index in [9.17, 15) is 5.11 Å². The van der Waals surface area contributed by atoms with Crippen LogP contribution >= 0.6 is 0 Å². The molecule has 5 nitrogen and oxygen atoms in total. The Balaban J connectivity index is 1.79. The average molecular weight is 325 g/mol. The zero-order valence-electron chi connectivity index (χ0n) is 15.3. The van der Waals surface area contributed by atoms with Crippen LogP contribution in [-0.4, -0.2) is 50.0 Å². The van der Waals surface area contributed by atoms with Gasteiger partial charge in [0.1, 0.15) is 0 Å². The van der Waals surface area contributed by atoms with Crippen molar-refractivity contribution in [2.45, 2.75) is 65.1 Å². The number of aliphatic hydroxyl groups excluding tert-OH is 1. The minimum atomic E-state index is -0.155. The Morgan fingerprint density at radius 2 is 1.74 bits per heavy atom. The second kappa shape index (κ2) is 8.34. The Hall–Kier alpha value is -0.810. The van der Waals surface area contributed by atoms with E-state index in [1.165, 1.54) is 6.42 Å². The fraction of sp³-hybridized carbons (Fsp3) is 0.944. The molecular formula is C18H35N3O2. The predicted octanol–water partition coefficient (Wildman–Crippen LogP) is 2.15. The molecule has 1 heterocycles. The quantitative estimate of drug-likeness (QED) is 0.547. The maximum absolute atomic E-state index is 9.92. The first-order valence-electron chi connectivity index (χ1n) is 9.16. The van der Waals surface area contributed by atoms with E-state index in [-0.39, 0.29) is 11.5 Å². The van der Waals surface area contributed by atoms with Crippen molar-refractivity contribution < 1.29 is 9.84 Å². The number of aliphatic imine (C=N–C) groups is 1. The molecule has 23 heavy (non-hydrogen) atoms. The van der Waals surface area contributed by atoms with Crippen molar-refractivity contribution in [3.05, 3.63) is 0 Å². The van der Waals surface area contributed by atoms with Crippen molar-refractivity contribution in [2.75, 3.05) is 26.7 Å². The number of ether oxygens (including phenoxy) is 1. The van der Waals surface area contributed by atoms with Gasteiger partial charge in [0.05, 0.1) is 12.2 Å². The van der Waals surface area contributed by atoms with Crippen LogP contribution in [0.2, 0.25) is 0 Å². The SMILES string of the molecule is CN=C(NCC1CCCC1O)NCC1CCCOC1C(C)(C)C. The molecule has 4 unspecified atom stereocenters. The van der Waals surface area contributed by atoms with Crippen LogP contribution in [0.25, 0.3) is 0 Å². The van der Waals surface area contributed by atoms with Crippen LogP contribution in [-0.2, 0) is 4.74 Å². The number of rotatable bonds is 4. The summed E-state index contributed by atoms with van der Waals surface area (Å²) < 4.78 is 6.04. The molecule has 1 saturated heterocycles. The van der Waals surface area contributed by atoms with Gasteiger partial charge in [-0.25, -0.2) is 0 Å². The fourth-order valence-electron chi connectivity index (χ4n) is 3.94. The van der Waals surface area contributed by atoms with E-state index in [0.717, 1.165) is 51.3 Å². The van der Waals surface area contributed by atoms with Crippen molar-refractivity contribution in [1.82, 2.24) is 10.6 Å². The Bertz CT molecular complexity index is 392. The summed E-state index contributed by atoms with van der Waals surface area (Å²) in [6, 6.07) is 0. The number of aliphatic hydroxyl groups is 1. The third-order valence-electron chi connectivity index (χ3n) is 5.20. The molecule has 0 spiro atoms. The van der Waals surface area contributed by atoms with Crippen LogP contribution in [0.5, 0.6) is 0 Å². The van der Waals surface area contributed by atoms with E-state index >= 15 is 0 Å².